The Labute approximate surface area is 174 Å². The van der Waals surface area contributed by atoms with Crippen LogP contribution in [0, 0.1) is 6.92 Å². The summed E-state index contributed by atoms with van der Waals surface area (Å²) in [6.07, 6.45) is 2.04. The van der Waals surface area contributed by atoms with Gasteiger partial charge in [0, 0.05) is 25.4 Å². The molecule has 2 atom stereocenters. The van der Waals surface area contributed by atoms with E-state index in [1.54, 1.807) is 29.1 Å². The topological polar surface area (TPSA) is 96.3 Å². The Morgan fingerprint density at radius 1 is 1.36 bits per heavy atom. The van der Waals surface area contributed by atoms with Crippen molar-refractivity contribution in [3.8, 4) is 0 Å². The number of para-hydroxylation sites is 1. The first kappa shape index (κ1) is 21.1. The zero-order chi connectivity index (χ0) is 20.6. The van der Waals surface area contributed by atoms with Crippen molar-refractivity contribution in [1.29, 1.82) is 0 Å². The number of benzene rings is 1. The minimum absolute atomic E-state index is 0.236. The van der Waals surface area contributed by atoms with Crippen molar-refractivity contribution < 1.29 is 13.2 Å². The number of hydrogen-bond donors (Lipinski definition) is 2. The van der Waals surface area contributed by atoms with Crippen molar-refractivity contribution in [2.24, 2.45) is 0 Å². The van der Waals surface area contributed by atoms with Gasteiger partial charge >= 0.3 is 0 Å². The number of aromatic nitrogens is 2. The molecule has 2 unspecified atom stereocenters. The van der Waals surface area contributed by atoms with Gasteiger partial charge in [-0.25, -0.2) is 0 Å². The molecule has 1 aliphatic heterocycles. The Bertz CT molecular complexity index is 988. The minimum atomic E-state index is -3.86. The molecule has 1 amide bonds. The molecule has 152 valence electrons. The number of carbonyl (C=O) groups is 1. The SMILES string of the molecule is CCn1cc(C2CC(C(=O)Nc3c(Cl)cccc3Cl)N(C)S(=O)(=O)N2)c(C)n1. The smallest absolute Gasteiger partial charge is 0.280 e. The van der Waals surface area contributed by atoms with Gasteiger partial charge in [-0.3, -0.25) is 9.48 Å². The summed E-state index contributed by atoms with van der Waals surface area (Å²) in [6.45, 7) is 4.42. The normalized spacial score (nSPS) is 22.2. The molecule has 1 aromatic heterocycles. The molecule has 2 N–H and O–H groups in total. The third kappa shape index (κ3) is 4.04. The highest BCUT2D eigenvalue weighted by Gasteiger charge is 2.41. The molecule has 3 rings (SSSR count). The molecule has 0 bridgehead atoms. The van der Waals surface area contributed by atoms with E-state index in [4.69, 9.17) is 23.2 Å². The summed E-state index contributed by atoms with van der Waals surface area (Å²) in [6, 6.07) is 3.34. The molecule has 8 nitrogen and oxygen atoms in total. The molecule has 1 saturated heterocycles. The van der Waals surface area contributed by atoms with Gasteiger partial charge in [0.15, 0.2) is 0 Å². The monoisotopic (exact) mass is 445 g/mol. The number of halogens is 2. The van der Waals surface area contributed by atoms with Crippen molar-refractivity contribution in [3.05, 3.63) is 45.7 Å². The number of anilines is 1. The van der Waals surface area contributed by atoms with Gasteiger partial charge in [0.05, 0.1) is 27.5 Å². The lowest BCUT2D eigenvalue weighted by molar-refractivity contribution is -0.120. The van der Waals surface area contributed by atoms with E-state index in [-0.39, 0.29) is 22.2 Å². The van der Waals surface area contributed by atoms with E-state index < -0.39 is 28.2 Å². The van der Waals surface area contributed by atoms with Crippen LogP contribution < -0.4 is 10.0 Å². The molecule has 2 aromatic rings. The molecule has 0 saturated carbocycles. The Morgan fingerprint density at radius 3 is 2.57 bits per heavy atom. The predicted octanol–water partition coefficient (Wildman–Crippen LogP) is 2.74. The summed E-state index contributed by atoms with van der Waals surface area (Å²) in [7, 11) is -2.50. The molecule has 1 aliphatic rings. The molecule has 0 aliphatic carbocycles. The third-order valence-corrected chi connectivity index (χ3v) is 6.99. The summed E-state index contributed by atoms with van der Waals surface area (Å²) in [5.41, 5.74) is 1.71. The maximum Gasteiger partial charge on any atom is 0.280 e. The van der Waals surface area contributed by atoms with Crippen LogP contribution in [0.2, 0.25) is 10.0 Å². The van der Waals surface area contributed by atoms with Crippen molar-refractivity contribution >= 4 is 45.0 Å². The number of likely N-dealkylation sites (N-methyl/N-ethyl adjacent to an activating group) is 1. The first-order chi connectivity index (χ1) is 13.1. The predicted molar refractivity (Wildman–Crippen MR) is 109 cm³/mol. The van der Waals surface area contributed by atoms with Gasteiger partial charge in [0.2, 0.25) is 5.91 Å². The maximum absolute atomic E-state index is 12.9. The first-order valence-electron chi connectivity index (χ1n) is 8.68. The number of carbonyl (C=O) groups excluding carboxylic acids is 1. The highest BCUT2D eigenvalue weighted by atomic mass is 35.5. The number of nitrogens with zero attached hydrogens (tertiary/aromatic N) is 3. The van der Waals surface area contributed by atoms with Crippen LogP contribution in [0.1, 0.15) is 30.6 Å². The molecule has 2 heterocycles. The molecular weight excluding hydrogens is 425 g/mol. The minimum Gasteiger partial charge on any atom is -0.322 e. The zero-order valence-corrected chi connectivity index (χ0v) is 17.9. The first-order valence-corrected chi connectivity index (χ1v) is 10.9. The second-order valence-corrected chi connectivity index (χ2v) is 9.13. The van der Waals surface area contributed by atoms with Crippen molar-refractivity contribution in [1.82, 2.24) is 18.8 Å². The van der Waals surface area contributed by atoms with Crippen LogP contribution >= 0.6 is 23.2 Å². The molecular formula is C17H21Cl2N5O3S. The lowest BCUT2D eigenvalue weighted by atomic mass is 10.00. The lowest BCUT2D eigenvalue weighted by Crippen LogP contribution is -2.56. The van der Waals surface area contributed by atoms with Crippen LogP contribution in [0.5, 0.6) is 0 Å². The Hall–Kier alpha value is -1.65. The number of aryl methyl sites for hydroxylation is 2. The highest BCUT2D eigenvalue weighted by Crippen LogP contribution is 2.33. The standard InChI is InChI=1S/C17H21Cl2N5O3S/c1-4-24-9-11(10(2)21-24)14-8-15(23(3)28(26,27)22-14)17(25)20-16-12(18)6-5-7-13(16)19/h5-7,9,14-15,22H,4,8H2,1-3H3,(H,20,25). The van der Waals surface area contributed by atoms with Crippen molar-refractivity contribution in [2.75, 3.05) is 12.4 Å². The number of hydrogen-bond acceptors (Lipinski definition) is 4. The quantitative estimate of drug-likeness (QED) is 0.755. The number of amides is 1. The third-order valence-electron chi connectivity index (χ3n) is 4.77. The molecule has 1 aromatic carbocycles. The number of nitrogens with one attached hydrogen (secondary N) is 2. The summed E-state index contributed by atoms with van der Waals surface area (Å²) in [4.78, 5) is 12.9. The molecule has 0 radical (unpaired) electrons. The van der Waals surface area contributed by atoms with Gasteiger partial charge in [-0.15, -0.1) is 0 Å². The van der Waals surface area contributed by atoms with E-state index in [2.05, 4.69) is 15.1 Å². The Balaban J connectivity index is 1.90. The van der Waals surface area contributed by atoms with Crippen molar-refractivity contribution in [3.63, 3.8) is 0 Å². The zero-order valence-electron chi connectivity index (χ0n) is 15.6. The van der Waals surface area contributed by atoms with Gasteiger partial charge in [-0.1, -0.05) is 29.3 Å². The van der Waals surface area contributed by atoms with Gasteiger partial charge in [-0.2, -0.15) is 22.5 Å². The van der Waals surface area contributed by atoms with Crippen LogP contribution in [0.3, 0.4) is 0 Å². The van der Waals surface area contributed by atoms with E-state index in [1.165, 1.54) is 7.05 Å². The average Bonchev–Trinajstić information content (AvgIpc) is 3.01. The maximum atomic E-state index is 12.9. The van der Waals surface area contributed by atoms with E-state index in [1.807, 2.05) is 13.8 Å². The van der Waals surface area contributed by atoms with Crippen LogP contribution in [-0.2, 0) is 21.5 Å². The van der Waals surface area contributed by atoms with Crippen LogP contribution in [0.25, 0.3) is 0 Å². The number of rotatable bonds is 4. The van der Waals surface area contributed by atoms with Gasteiger partial charge < -0.3 is 5.32 Å². The van der Waals surface area contributed by atoms with Crippen LogP contribution in [0.4, 0.5) is 5.69 Å². The highest BCUT2D eigenvalue weighted by molar-refractivity contribution is 7.87. The second kappa shape index (κ2) is 8.00. The Morgan fingerprint density at radius 2 is 2.00 bits per heavy atom. The molecule has 28 heavy (non-hydrogen) atoms. The summed E-state index contributed by atoms with van der Waals surface area (Å²) in [5, 5.41) is 7.58. The summed E-state index contributed by atoms with van der Waals surface area (Å²) in [5.74, 6) is -0.506. The van der Waals surface area contributed by atoms with E-state index in [0.29, 0.717) is 12.2 Å². The second-order valence-electron chi connectivity index (χ2n) is 6.55. The summed E-state index contributed by atoms with van der Waals surface area (Å²) >= 11 is 12.2. The van der Waals surface area contributed by atoms with Gasteiger partial charge in [0.25, 0.3) is 10.2 Å². The fourth-order valence-electron chi connectivity index (χ4n) is 3.17. The molecule has 11 heteroatoms. The van der Waals surface area contributed by atoms with Crippen LogP contribution in [0.15, 0.2) is 24.4 Å². The largest absolute Gasteiger partial charge is 0.322 e. The van der Waals surface area contributed by atoms with Gasteiger partial charge in [-0.05, 0) is 32.4 Å². The summed E-state index contributed by atoms with van der Waals surface area (Å²) < 4.78 is 30.6. The van der Waals surface area contributed by atoms with E-state index in [9.17, 15) is 13.2 Å². The fraction of sp³-hybridized carbons (Fsp3) is 0.412. The fourth-order valence-corrected chi connectivity index (χ4v) is 4.93. The van der Waals surface area contributed by atoms with Crippen molar-refractivity contribution in [2.45, 2.75) is 38.9 Å². The average molecular weight is 446 g/mol. The van der Waals surface area contributed by atoms with E-state index in [0.717, 1.165) is 9.87 Å². The van der Waals surface area contributed by atoms with Crippen LogP contribution in [-0.4, -0.2) is 41.5 Å². The van der Waals surface area contributed by atoms with Gasteiger partial charge in [0.1, 0.15) is 6.04 Å². The Kier molecular flexibility index (Phi) is 6.02. The molecule has 1 fully saturated rings. The van der Waals surface area contributed by atoms with E-state index >= 15 is 0 Å². The lowest BCUT2D eigenvalue weighted by Gasteiger charge is -2.36. The molecule has 0 spiro atoms.